The Balaban J connectivity index is 1.53. The van der Waals surface area contributed by atoms with Crippen LogP contribution >= 0.6 is 0 Å². The summed E-state index contributed by atoms with van der Waals surface area (Å²) in [6.07, 6.45) is 0.752. The van der Waals surface area contributed by atoms with Crippen molar-refractivity contribution in [3.8, 4) is 17.4 Å². The van der Waals surface area contributed by atoms with Crippen LogP contribution in [0.1, 0.15) is 27.8 Å². The van der Waals surface area contributed by atoms with Gasteiger partial charge in [-0.15, -0.1) is 0 Å². The Bertz CT molecular complexity index is 2080. The van der Waals surface area contributed by atoms with E-state index in [1.807, 2.05) is 83.5 Å². The number of ether oxygens (including phenoxy) is 3. The first-order valence-corrected chi connectivity index (χ1v) is 16.5. The summed E-state index contributed by atoms with van der Waals surface area (Å²) < 4.78 is 18.3. The molecule has 254 valence electrons. The number of hydrogen-bond donors (Lipinski definition) is 1. The highest BCUT2D eigenvalue weighted by atomic mass is 16.6. The SMILES string of the molecule is COc1ccc(CN(Cc2ccc(OC)cc2)c2nn(C(c3ccccc3)(c3ccccc3)c3ccccc3)c3cc(OC(N)=O)ncc23)cc1. The molecule has 0 radical (unpaired) electrons. The predicted molar refractivity (Wildman–Crippen MR) is 198 cm³/mol. The number of fused-ring (bicyclic) bond motifs is 1. The van der Waals surface area contributed by atoms with Gasteiger partial charge in [0.05, 0.1) is 25.1 Å². The third-order valence-corrected chi connectivity index (χ3v) is 8.98. The van der Waals surface area contributed by atoms with Crippen molar-refractivity contribution in [1.82, 2.24) is 14.8 Å². The lowest BCUT2D eigenvalue weighted by atomic mass is 9.77. The molecule has 1 amide bonds. The molecule has 2 N–H and O–H groups in total. The summed E-state index contributed by atoms with van der Waals surface area (Å²) in [6.45, 7) is 1.05. The number of aromatic nitrogens is 3. The van der Waals surface area contributed by atoms with Gasteiger partial charge in [0.1, 0.15) is 17.0 Å². The quantitative estimate of drug-likeness (QED) is 0.131. The van der Waals surface area contributed by atoms with E-state index in [1.165, 1.54) is 0 Å². The molecule has 0 aliphatic rings. The summed E-state index contributed by atoms with van der Waals surface area (Å²) in [7, 11) is 3.32. The minimum atomic E-state index is -0.961. The van der Waals surface area contributed by atoms with Crippen LogP contribution in [-0.2, 0) is 18.6 Å². The molecule has 0 atom stereocenters. The Labute approximate surface area is 296 Å². The largest absolute Gasteiger partial charge is 0.497 e. The van der Waals surface area contributed by atoms with Gasteiger partial charge in [0.2, 0.25) is 5.88 Å². The molecule has 0 fully saturated rings. The second-order valence-corrected chi connectivity index (χ2v) is 12.1. The molecular weight excluding hydrogens is 638 g/mol. The first kappa shape index (κ1) is 32.9. The van der Waals surface area contributed by atoms with E-state index in [9.17, 15) is 4.79 Å². The van der Waals surface area contributed by atoms with E-state index in [-0.39, 0.29) is 5.88 Å². The highest BCUT2D eigenvalue weighted by Crippen LogP contribution is 2.44. The zero-order valence-electron chi connectivity index (χ0n) is 28.3. The number of hydrogen-bond acceptors (Lipinski definition) is 7. The third-order valence-electron chi connectivity index (χ3n) is 8.98. The van der Waals surface area contributed by atoms with Gasteiger partial charge >= 0.3 is 6.09 Å². The van der Waals surface area contributed by atoms with Crippen molar-refractivity contribution >= 4 is 22.8 Å². The van der Waals surface area contributed by atoms with Crippen molar-refractivity contribution < 1.29 is 19.0 Å². The summed E-state index contributed by atoms with van der Waals surface area (Å²) in [5.74, 6) is 2.32. The highest BCUT2D eigenvalue weighted by molar-refractivity contribution is 5.92. The molecule has 2 heterocycles. The molecule has 7 aromatic rings. The van der Waals surface area contributed by atoms with E-state index in [0.717, 1.165) is 44.7 Å². The number of nitrogens with zero attached hydrogens (tertiary/aromatic N) is 4. The number of benzene rings is 5. The second-order valence-electron chi connectivity index (χ2n) is 12.1. The smallest absolute Gasteiger partial charge is 0.411 e. The summed E-state index contributed by atoms with van der Waals surface area (Å²) >= 11 is 0. The Kier molecular flexibility index (Phi) is 9.34. The fraction of sp³-hybridized carbons (Fsp3) is 0.119. The molecule has 0 unspecified atom stereocenters. The Morgan fingerprint density at radius 1 is 0.686 bits per heavy atom. The van der Waals surface area contributed by atoms with Gasteiger partial charge in [-0.2, -0.15) is 5.10 Å². The maximum absolute atomic E-state index is 12.0. The van der Waals surface area contributed by atoms with Gasteiger partial charge < -0.3 is 24.8 Å². The van der Waals surface area contributed by atoms with Crippen LogP contribution in [0.4, 0.5) is 10.6 Å². The van der Waals surface area contributed by atoms with Crippen molar-refractivity contribution in [2.75, 3.05) is 19.1 Å². The van der Waals surface area contributed by atoms with Gasteiger partial charge in [0.25, 0.3) is 0 Å². The van der Waals surface area contributed by atoms with Crippen LogP contribution in [-0.4, -0.2) is 35.1 Å². The van der Waals surface area contributed by atoms with Crippen LogP contribution in [0.15, 0.2) is 152 Å². The number of anilines is 1. The molecular formula is C42H37N5O4. The van der Waals surface area contributed by atoms with E-state index in [0.29, 0.717) is 24.4 Å². The van der Waals surface area contributed by atoms with E-state index in [1.54, 1.807) is 26.5 Å². The number of primary amides is 1. The average molecular weight is 676 g/mol. The number of methoxy groups -OCH3 is 2. The van der Waals surface area contributed by atoms with Crippen molar-refractivity contribution in [2.24, 2.45) is 5.73 Å². The molecule has 0 bridgehead atoms. The number of rotatable bonds is 12. The van der Waals surface area contributed by atoms with Crippen molar-refractivity contribution in [2.45, 2.75) is 18.6 Å². The lowest BCUT2D eigenvalue weighted by Gasteiger charge is -2.37. The topological polar surface area (TPSA) is 105 Å². The van der Waals surface area contributed by atoms with Gasteiger partial charge in [0.15, 0.2) is 5.82 Å². The molecule has 0 saturated heterocycles. The molecule has 0 aliphatic carbocycles. The number of nitrogens with two attached hydrogens (primary N) is 1. The van der Waals surface area contributed by atoms with Gasteiger partial charge in [0, 0.05) is 25.4 Å². The summed E-state index contributed by atoms with van der Waals surface area (Å²) in [6, 6.07) is 48.7. The summed E-state index contributed by atoms with van der Waals surface area (Å²) in [5.41, 5.74) is 10.3. The highest BCUT2D eigenvalue weighted by Gasteiger charge is 2.41. The van der Waals surface area contributed by atoms with Crippen LogP contribution in [0.25, 0.3) is 10.9 Å². The van der Waals surface area contributed by atoms with Crippen molar-refractivity contribution in [3.63, 3.8) is 0 Å². The molecule has 0 spiro atoms. The average Bonchev–Trinajstić information content (AvgIpc) is 3.55. The van der Waals surface area contributed by atoms with E-state index in [2.05, 4.69) is 70.5 Å². The molecule has 7 rings (SSSR count). The number of carbonyl (C=O) groups is 1. The minimum absolute atomic E-state index is 0.0719. The Morgan fingerprint density at radius 3 is 1.55 bits per heavy atom. The monoisotopic (exact) mass is 675 g/mol. The summed E-state index contributed by atoms with van der Waals surface area (Å²) in [5, 5.41) is 6.32. The summed E-state index contributed by atoms with van der Waals surface area (Å²) in [4.78, 5) is 18.7. The van der Waals surface area contributed by atoms with Crippen LogP contribution in [0.2, 0.25) is 0 Å². The first-order chi connectivity index (χ1) is 25.0. The van der Waals surface area contributed by atoms with Crippen LogP contribution in [0.3, 0.4) is 0 Å². The van der Waals surface area contributed by atoms with Crippen LogP contribution in [0, 0.1) is 0 Å². The van der Waals surface area contributed by atoms with Crippen molar-refractivity contribution in [3.05, 3.63) is 180 Å². The fourth-order valence-corrected chi connectivity index (χ4v) is 6.64. The molecule has 5 aromatic carbocycles. The van der Waals surface area contributed by atoms with E-state index in [4.69, 9.17) is 25.0 Å². The second kappa shape index (κ2) is 14.5. The molecule has 0 aliphatic heterocycles. The van der Waals surface area contributed by atoms with Crippen molar-refractivity contribution in [1.29, 1.82) is 0 Å². The molecule has 0 saturated carbocycles. The number of amides is 1. The molecule has 2 aromatic heterocycles. The van der Waals surface area contributed by atoms with Gasteiger partial charge in [-0.05, 0) is 52.1 Å². The Hall–Kier alpha value is -6.61. The van der Waals surface area contributed by atoms with E-state index >= 15 is 0 Å². The Morgan fingerprint density at radius 2 is 1.14 bits per heavy atom. The van der Waals surface area contributed by atoms with Gasteiger partial charge in [-0.3, -0.25) is 0 Å². The van der Waals surface area contributed by atoms with Gasteiger partial charge in [-0.1, -0.05) is 115 Å². The zero-order valence-corrected chi connectivity index (χ0v) is 28.3. The third kappa shape index (κ3) is 6.57. The lowest BCUT2D eigenvalue weighted by Crippen LogP contribution is -2.38. The maximum Gasteiger partial charge on any atom is 0.411 e. The maximum atomic E-state index is 12.0. The minimum Gasteiger partial charge on any atom is -0.497 e. The number of carbonyl (C=O) groups excluding carboxylic acids is 1. The van der Waals surface area contributed by atoms with Crippen LogP contribution < -0.4 is 24.8 Å². The standard InChI is InChI=1S/C42H37N5O4/c1-49-35-22-18-30(19-23-35)28-46(29-31-20-24-36(50-2)25-21-31)40-37-27-44-39(51-41(43)48)26-38(37)47(45-40)42(32-12-6-3-7-13-32,33-14-8-4-9-15-33)34-16-10-5-11-17-34/h3-27H,28-29H2,1-2H3,(H2,43,48). The van der Waals surface area contributed by atoms with E-state index < -0.39 is 11.6 Å². The van der Waals surface area contributed by atoms with Gasteiger partial charge in [-0.25, -0.2) is 14.5 Å². The fourth-order valence-electron chi connectivity index (χ4n) is 6.64. The normalized spacial score (nSPS) is 11.3. The molecule has 51 heavy (non-hydrogen) atoms. The number of pyridine rings is 1. The lowest BCUT2D eigenvalue weighted by molar-refractivity contribution is 0.209. The molecule has 9 nitrogen and oxygen atoms in total. The first-order valence-electron chi connectivity index (χ1n) is 16.5. The van der Waals surface area contributed by atoms with Crippen LogP contribution in [0.5, 0.6) is 17.4 Å². The predicted octanol–water partition coefficient (Wildman–Crippen LogP) is 7.95. The zero-order chi connectivity index (χ0) is 35.2. The molecule has 9 heteroatoms.